The van der Waals surface area contributed by atoms with Crippen molar-refractivity contribution in [2.75, 3.05) is 49.6 Å². The molecule has 0 bridgehead atoms. The second-order valence-electron chi connectivity index (χ2n) is 10.9. The van der Waals surface area contributed by atoms with Crippen molar-refractivity contribution in [3.63, 3.8) is 0 Å². The molecular formula is C28H31F4N5O2. The van der Waals surface area contributed by atoms with Crippen LogP contribution in [0.4, 0.5) is 33.7 Å². The van der Waals surface area contributed by atoms with E-state index in [0.717, 1.165) is 54.1 Å². The molecule has 6 rings (SSSR count). The van der Waals surface area contributed by atoms with Crippen molar-refractivity contribution >= 4 is 23.1 Å². The number of ether oxygens (including phenoxy) is 1. The minimum Gasteiger partial charge on any atom is -0.378 e. The lowest BCUT2D eigenvalue weighted by molar-refractivity contribution is -0.143. The summed E-state index contributed by atoms with van der Waals surface area (Å²) in [6.45, 7) is 4.73. The van der Waals surface area contributed by atoms with Crippen molar-refractivity contribution in [2.24, 2.45) is 5.92 Å². The molecule has 3 aromatic rings. The fraction of sp³-hybridized carbons (Fsp3) is 0.500. The van der Waals surface area contributed by atoms with E-state index < -0.39 is 30.4 Å². The van der Waals surface area contributed by atoms with Crippen molar-refractivity contribution in [1.82, 2.24) is 14.3 Å². The molecule has 11 heteroatoms. The van der Waals surface area contributed by atoms with Crippen molar-refractivity contribution < 1.29 is 27.1 Å². The summed E-state index contributed by atoms with van der Waals surface area (Å²) < 4.78 is 60.9. The summed E-state index contributed by atoms with van der Waals surface area (Å²) in [5.41, 5.74) is 5.22. The molecule has 39 heavy (non-hydrogen) atoms. The number of likely N-dealkylation sites (tertiary alicyclic amines) is 1. The van der Waals surface area contributed by atoms with Crippen molar-refractivity contribution in [1.29, 1.82) is 0 Å². The van der Waals surface area contributed by atoms with Crippen molar-refractivity contribution in [3.8, 4) is 11.1 Å². The normalized spacial score (nSPS) is 20.2. The molecule has 2 saturated heterocycles. The number of morpholine rings is 1. The standard InChI is InChI=1S/C28H31F4N5O2/c1-17-10-22(29)23(34-27(38)36-5-4-18(14-36)13-28(30,31)32)12-21(17)20-11-25(35-6-8-39-9-7-35)26-33-24(19-2-3-19)16-37(26)15-20/h10-12,15-16,18-19H,2-9,13-14H2,1H3,(H,34,38). The Hall–Kier alpha value is -3.34. The molecule has 7 nitrogen and oxygen atoms in total. The number of aryl methyl sites for hydroxylation is 1. The van der Waals surface area contributed by atoms with E-state index >= 15 is 0 Å². The summed E-state index contributed by atoms with van der Waals surface area (Å²) >= 11 is 0. The number of halogens is 4. The molecule has 208 valence electrons. The Balaban J connectivity index is 1.30. The lowest BCUT2D eigenvalue weighted by atomic mass is 10.00. The average Bonchev–Trinajstić information content (AvgIpc) is 3.49. The van der Waals surface area contributed by atoms with E-state index in [1.165, 1.54) is 11.0 Å². The number of alkyl halides is 3. The molecule has 2 aromatic heterocycles. The quantitative estimate of drug-likeness (QED) is 0.402. The van der Waals surface area contributed by atoms with Gasteiger partial charge in [0.25, 0.3) is 0 Å². The maximum Gasteiger partial charge on any atom is 0.389 e. The summed E-state index contributed by atoms with van der Waals surface area (Å²) in [4.78, 5) is 21.4. The van der Waals surface area contributed by atoms with Crippen LogP contribution in [0, 0.1) is 18.7 Å². The fourth-order valence-electron chi connectivity index (χ4n) is 5.64. The van der Waals surface area contributed by atoms with Crippen LogP contribution in [0.5, 0.6) is 0 Å². The Morgan fingerprint density at radius 2 is 1.87 bits per heavy atom. The highest BCUT2D eigenvalue weighted by Crippen LogP contribution is 2.41. The van der Waals surface area contributed by atoms with E-state index in [4.69, 9.17) is 9.72 Å². The smallest absolute Gasteiger partial charge is 0.378 e. The molecule has 4 heterocycles. The van der Waals surface area contributed by atoms with Crippen LogP contribution in [0.1, 0.15) is 42.9 Å². The minimum atomic E-state index is -4.27. The first-order valence-corrected chi connectivity index (χ1v) is 13.4. The predicted octanol–water partition coefficient (Wildman–Crippen LogP) is 5.97. The number of hydrogen-bond acceptors (Lipinski definition) is 4. The largest absolute Gasteiger partial charge is 0.389 e. The molecule has 2 amide bonds. The zero-order chi connectivity index (χ0) is 27.3. The van der Waals surface area contributed by atoms with E-state index in [0.29, 0.717) is 24.7 Å². The van der Waals surface area contributed by atoms with Gasteiger partial charge in [-0.25, -0.2) is 14.2 Å². The van der Waals surface area contributed by atoms with Gasteiger partial charge in [-0.3, -0.25) is 0 Å². The maximum atomic E-state index is 15.0. The number of nitrogens with one attached hydrogen (secondary N) is 1. The third kappa shape index (κ3) is 5.54. The Kier molecular flexibility index (Phi) is 6.65. The first-order valence-electron chi connectivity index (χ1n) is 13.4. The topological polar surface area (TPSA) is 62.1 Å². The Morgan fingerprint density at radius 3 is 2.59 bits per heavy atom. The molecule has 1 saturated carbocycles. The SMILES string of the molecule is Cc1cc(F)c(NC(=O)N2CCC(CC(F)(F)F)C2)cc1-c1cc(N2CCOCC2)c2nc(C3CC3)cn2c1. The third-order valence-corrected chi connectivity index (χ3v) is 7.86. The van der Waals surface area contributed by atoms with Gasteiger partial charge in [-0.15, -0.1) is 0 Å². The van der Waals surface area contributed by atoms with Gasteiger partial charge in [0, 0.05) is 56.5 Å². The summed E-state index contributed by atoms with van der Waals surface area (Å²) in [7, 11) is 0. The molecule has 3 aliphatic rings. The fourth-order valence-corrected chi connectivity index (χ4v) is 5.64. The number of rotatable bonds is 5. The lowest BCUT2D eigenvalue weighted by Gasteiger charge is -2.29. The Labute approximate surface area is 223 Å². The molecule has 0 spiro atoms. The third-order valence-electron chi connectivity index (χ3n) is 7.86. The van der Waals surface area contributed by atoms with Crippen LogP contribution in [0.15, 0.2) is 30.6 Å². The van der Waals surface area contributed by atoms with Gasteiger partial charge in [0.05, 0.1) is 30.3 Å². The number of nitrogens with zero attached hydrogens (tertiary/aromatic N) is 4. The molecule has 0 radical (unpaired) electrons. The van der Waals surface area contributed by atoms with E-state index in [9.17, 15) is 22.4 Å². The number of fused-ring (bicyclic) bond motifs is 1. The van der Waals surface area contributed by atoms with Gasteiger partial charge in [-0.1, -0.05) is 0 Å². The Bertz CT molecular complexity index is 1390. The number of amides is 2. The van der Waals surface area contributed by atoms with Crippen LogP contribution in [-0.2, 0) is 4.74 Å². The summed E-state index contributed by atoms with van der Waals surface area (Å²) in [5.74, 6) is -0.749. The van der Waals surface area contributed by atoms with Crippen LogP contribution in [-0.4, -0.2) is 65.9 Å². The number of carbonyl (C=O) groups excluding carboxylic acids is 1. The second kappa shape index (κ2) is 10.0. The van der Waals surface area contributed by atoms with Crippen LogP contribution >= 0.6 is 0 Å². The van der Waals surface area contributed by atoms with Crippen LogP contribution in [0.2, 0.25) is 0 Å². The van der Waals surface area contributed by atoms with Crippen LogP contribution in [0.25, 0.3) is 16.8 Å². The minimum absolute atomic E-state index is 0.00260. The van der Waals surface area contributed by atoms with E-state index in [1.807, 2.05) is 17.5 Å². The zero-order valence-electron chi connectivity index (χ0n) is 21.7. The van der Waals surface area contributed by atoms with E-state index in [-0.39, 0.29) is 25.2 Å². The molecule has 1 aromatic carbocycles. The average molecular weight is 546 g/mol. The van der Waals surface area contributed by atoms with Gasteiger partial charge < -0.3 is 24.3 Å². The maximum absolute atomic E-state index is 15.0. The summed E-state index contributed by atoms with van der Waals surface area (Å²) in [6, 6.07) is 4.44. The first kappa shape index (κ1) is 25.9. The lowest BCUT2D eigenvalue weighted by Crippen LogP contribution is -2.36. The van der Waals surface area contributed by atoms with Gasteiger partial charge >= 0.3 is 12.2 Å². The number of anilines is 2. The van der Waals surface area contributed by atoms with Gasteiger partial charge in [-0.05, 0) is 61.4 Å². The monoisotopic (exact) mass is 545 g/mol. The van der Waals surface area contributed by atoms with Gasteiger partial charge in [0.1, 0.15) is 5.82 Å². The van der Waals surface area contributed by atoms with Crippen molar-refractivity contribution in [3.05, 3.63) is 47.7 Å². The van der Waals surface area contributed by atoms with Crippen molar-refractivity contribution in [2.45, 2.75) is 44.7 Å². The predicted molar refractivity (Wildman–Crippen MR) is 140 cm³/mol. The molecule has 1 unspecified atom stereocenters. The number of benzene rings is 1. The van der Waals surface area contributed by atoms with Gasteiger partial charge in [-0.2, -0.15) is 13.2 Å². The van der Waals surface area contributed by atoms with Gasteiger partial charge in [0.15, 0.2) is 5.65 Å². The number of imidazole rings is 1. The highest BCUT2D eigenvalue weighted by Gasteiger charge is 2.36. The number of urea groups is 1. The number of hydrogen-bond donors (Lipinski definition) is 1. The zero-order valence-corrected chi connectivity index (χ0v) is 21.7. The molecule has 2 aliphatic heterocycles. The van der Waals surface area contributed by atoms with Crippen LogP contribution in [0.3, 0.4) is 0 Å². The van der Waals surface area contributed by atoms with E-state index in [1.54, 1.807) is 6.07 Å². The first-order chi connectivity index (χ1) is 18.6. The highest BCUT2D eigenvalue weighted by molar-refractivity contribution is 5.91. The number of aromatic nitrogens is 2. The molecular weight excluding hydrogens is 514 g/mol. The number of carbonyl (C=O) groups is 1. The Morgan fingerprint density at radius 1 is 1.10 bits per heavy atom. The summed E-state index contributed by atoms with van der Waals surface area (Å²) in [5, 5.41) is 2.60. The highest BCUT2D eigenvalue weighted by atomic mass is 19.4. The van der Waals surface area contributed by atoms with E-state index in [2.05, 4.69) is 22.5 Å². The number of pyridine rings is 1. The second-order valence-corrected chi connectivity index (χ2v) is 10.9. The molecule has 3 fully saturated rings. The molecule has 1 atom stereocenters. The molecule has 1 N–H and O–H groups in total. The van der Waals surface area contributed by atoms with Crippen LogP contribution < -0.4 is 10.2 Å². The van der Waals surface area contributed by atoms with Gasteiger partial charge in [0.2, 0.25) is 0 Å². The molecule has 1 aliphatic carbocycles. The summed E-state index contributed by atoms with van der Waals surface area (Å²) in [6.07, 6.45) is 1.39.